The van der Waals surface area contributed by atoms with E-state index in [-0.39, 0.29) is 0 Å². The van der Waals surface area contributed by atoms with E-state index in [1.807, 2.05) is 0 Å². The van der Waals surface area contributed by atoms with Crippen molar-refractivity contribution in [3.05, 3.63) is 47.5 Å². The molecule has 0 amide bonds. The van der Waals surface area contributed by atoms with Gasteiger partial charge < -0.3 is 9.88 Å². The van der Waals surface area contributed by atoms with Crippen molar-refractivity contribution in [3.8, 4) is 0 Å². The molecule has 1 atom stereocenters. The lowest BCUT2D eigenvalue weighted by molar-refractivity contribution is 0.519. The topological polar surface area (TPSA) is 42.7 Å². The molecule has 4 nitrogen and oxygen atoms in total. The first kappa shape index (κ1) is 11.4. The molecule has 94 valence electrons. The third-order valence-electron chi connectivity index (χ3n) is 3.67. The van der Waals surface area contributed by atoms with E-state index in [0.29, 0.717) is 5.92 Å². The molecule has 1 unspecified atom stereocenters. The molecule has 18 heavy (non-hydrogen) atoms. The predicted molar refractivity (Wildman–Crippen MR) is 70.3 cm³/mol. The largest absolute Gasteiger partial charge is 0.317 e. The highest BCUT2D eigenvalue weighted by molar-refractivity contribution is 5.40. The quantitative estimate of drug-likeness (QED) is 0.868. The van der Waals surface area contributed by atoms with Gasteiger partial charge in [-0.1, -0.05) is 24.3 Å². The molecule has 1 aliphatic rings. The van der Waals surface area contributed by atoms with Crippen LogP contribution in [0, 0.1) is 0 Å². The van der Waals surface area contributed by atoms with Crippen molar-refractivity contribution in [1.29, 1.82) is 0 Å². The first-order chi connectivity index (χ1) is 8.88. The molecule has 2 aromatic rings. The van der Waals surface area contributed by atoms with Crippen LogP contribution in [0.2, 0.25) is 0 Å². The first-order valence-corrected chi connectivity index (χ1v) is 6.53. The van der Waals surface area contributed by atoms with E-state index in [1.54, 1.807) is 6.33 Å². The molecule has 1 aliphatic carbocycles. The molecule has 0 spiro atoms. The van der Waals surface area contributed by atoms with Crippen LogP contribution in [0.25, 0.3) is 0 Å². The minimum atomic E-state index is 0.666. The van der Waals surface area contributed by atoms with Crippen molar-refractivity contribution in [2.24, 2.45) is 0 Å². The van der Waals surface area contributed by atoms with Gasteiger partial charge in [-0.15, -0.1) is 10.2 Å². The summed E-state index contributed by atoms with van der Waals surface area (Å²) in [6, 6.07) is 8.70. The second-order valence-corrected chi connectivity index (χ2v) is 4.76. The molecule has 0 saturated carbocycles. The van der Waals surface area contributed by atoms with Gasteiger partial charge in [0.1, 0.15) is 12.2 Å². The fourth-order valence-corrected chi connectivity index (χ4v) is 2.58. The molecule has 1 heterocycles. The zero-order valence-electron chi connectivity index (χ0n) is 10.6. The Bertz CT molecular complexity index is 532. The van der Waals surface area contributed by atoms with Crippen molar-refractivity contribution in [2.45, 2.75) is 32.4 Å². The monoisotopic (exact) mass is 242 g/mol. The number of nitrogens with one attached hydrogen (secondary N) is 1. The minimum Gasteiger partial charge on any atom is -0.317 e. The summed E-state index contributed by atoms with van der Waals surface area (Å²) in [5, 5.41) is 11.5. The highest BCUT2D eigenvalue weighted by atomic mass is 15.3. The second-order valence-electron chi connectivity index (χ2n) is 4.76. The molecule has 0 saturated heterocycles. The lowest BCUT2D eigenvalue weighted by Gasteiger charge is -2.30. The van der Waals surface area contributed by atoms with E-state index in [2.05, 4.69) is 51.3 Å². The van der Waals surface area contributed by atoms with Crippen LogP contribution in [0.15, 0.2) is 30.6 Å². The number of aryl methyl sites for hydroxylation is 1. The Labute approximate surface area is 107 Å². The molecular weight excluding hydrogens is 224 g/mol. The van der Waals surface area contributed by atoms with Crippen molar-refractivity contribution >= 4 is 0 Å². The Hall–Kier alpha value is -1.68. The average molecular weight is 242 g/mol. The standard InChI is InChI=1S/C14H18N4/c1-2-18-10-16-17-14(18)9-15-8-12-7-11-5-3-4-6-13(11)12/h3-6,10,12,15H,2,7-9H2,1H3. The van der Waals surface area contributed by atoms with Gasteiger partial charge >= 0.3 is 0 Å². The molecule has 0 bridgehead atoms. The Morgan fingerprint density at radius 3 is 3.11 bits per heavy atom. The smallest absolute Gasteiger partial charge is 0.146 e. The predicted octanol–water partition coefficient (Wildman–Crippen LogP) is 1.73. The molecule has 1 N–H and O–H groups in total. The number of benzene rings is 1. The van der Waals surface area contributed by atoms with Crippen LogP contribution in [0.5, 0.6) is 0 Å². The van der Waals surface area contributed by atoms with Crippen molar-refractivity contribution in [2.75, 3.05) is 6.54 Å². The van der Waals surface area contributed by atoms with E-state index in [9.17, 15) is 0 Å². The van der Waals surface area contributed by atoms with E-state index in [0.717, 1.165) is 25.5 Å². The van der Waals surface area contributed by atoms with E-state index in [4.69, 9.17) is 0 Å². The maximum atomic E-state index is 4.12. The van der Waals surface area contributed by atoms with Gasteiger partial charge in [0.05, 0.1) is 6.54 Å². The molecule has 3 rings (SSSR count). The summed E-state index contributed by atoms with van der Waals surface area (Å²) in [5.74, 6) is 1.68. The van der Waals surface area contributed by atoms with E-state index in [1.165, 1.54) is 17.5 Å². The fourth-order valence-electron chi connectivity index (χ4n) is 2.58. The molecule has 0 aliphatic heterocycles. The zero-order valence-corrected chi connectivity index (χ0v) is 10.6. The lowest BCUT2D eigenvalue weighted by atomic mass is 9.78. The maximum absolute atomic E-state index is 4.12. The van der Waals surface area contributed by atoms with Crippen molar-refractivity contribution < 1.29 is 0 Å². The third kappa shape index (κ3) is 2.04. The van der Waals surface area contributed by atoms with Crippen LogP contribution < -0.4 is 5.32 Å². The zero-order chi connectivity index (χ0) is 12.4. The second kappa shape index (κ2) is 4.90. The summed E-state index contributed by atoms with van der Waals surface area (Å²) in [7, 11) is 0. The normalized spacial score (nSPS) is 17.3. The Balaban J connectivity index is 1.52. The van der Waals surface area contributed by atoms with E-state index < -0.39 is 0 Å². The van der Waals surface area contributed by atoms with Crippen molar-refractivity contribution in [1.82, 2.24) is 20.1 Å². The molecule has 4 heteroatoms. The molecule has 0 radical (unpaired) electrons. The maximum Gasteiger partial charge on any atom is 0.146 e. The lowest BCUT2D eigenvalue weighted by Crippen LogP contribution is -2.29. The molecule has 1 aromatic carbocycles. The van der Waals surface area contributed by atoms with Crippen LogP contribution in [0.4, 0.5) is 0 Å². The molecule has 0 fully saturated rings. The van der Waals surface area contributed by atoms with Crippen LogP contribution in [-0.2, 0) is 19.5 Å². The van der Waals surface area contributed by atoms with Gasteiger partial charge in [-0.3, -0.25) is 0 Å². The van der Waals surface area contributed by atoms with Gasteiger partial charge in [0.2, 0.25) is 0 Å². The molecular formula is C14H18N4. The summed E-state index contributed by atoms with van der Waals surface area (Å²) in [6.45, 7) is 4.85. The van der Waals surface area contributed by atoms with Crippen LogP contribution in [-0.4, -0.2) is 21.3 Å². The number of aromatic nitrogens is 3. The SMILES string of the molecule is CCn1cnnc1CNCC1Cc2ccccc21. The average Bonchev–Trinajstić information content (AvgIpc) is 2.82. The Morgan fingerprint density at radius 1 is 1.39 bits per heavy atom. The van der Waals surface area contributed by atoms with Crippen LogP contribution in [0.3, 0.4) is 0 Å². The summed E-state index contributed by atoms with van der Waals surface area (Å²) in [4.78, 5) is 0. The van der Waals surface area contributed by atoms with Gasteiger partial charge in [-0.25, -0.2) is 0 Å². The van der Waals surface area contributed by atoms with Gasteiger partial charge in [-0.2, -0.15) is 0 Å². The van der Waals surface area contributed by atoms with Gasteiger partial charge in [0, 0.05) is 19.0 Å². The molecule has 1 aromatic heterocycles. The van der Waals surface area contributed by atoms with Gasteiger partial charge in [0.25, 0.3) is 0 Å². The number of hydrogen-bond acceptors (Lipinski definition) is 3. The number of rotatable bonds is 5. The van der Waals surface area contributed by atoms with Crippen molar-refractivity contribution in [3.63, 3.8) is 0 Å². The van der Waals surface area contributed by atoms with E-state index >= 15 is 0 Å². The first-order valence-electron chi connectivity index (χ1n) is 6.53. The van der Waals surface area contributed by atoms with Crippen LogP contribution >= 0.6 is 0 Å². The highest BCUT2D eigenvalue weighted by Crippen LogP contribution is 2.33. The summed E-state index contributed by atoms with van der Waals surface area (Å²) < 4.78 is 2.07. The van der Waals surface area contributed by atoms with Gasteiger partial charge in [-0.05, 0) is 24.5 Å². The Kier molecular flexibility index (Phi) is 3.11. The number of hydrogen-bond donors (Lipinski definition) is 1. The number of fused-ring (bicyclic) bond motifs is 1. The fraction of sp³-hybridized carbons (Fsp3) is 0.429. The summed E-state index contributed by atoms with van der Waals surface area (Å²) in [5.41, 5.74) is 3.00. The van der Waals surface area contributed by atoms with Crippen LogP contribution in [0.1, 0.15) is 29.8 Å². The number of nitrogens with zero attached hydrogens (tertiary/aromatic N) is 3. The summed E-state index contributed by atoms with van der Waals surface area (Å²) >= 11 is 0. The third-order valence-corrected chi connectivity index (χ3v) is 3.67. The highest BCUT2D eigenvalue weighted by Gasteiger charge is 2.24. The summed E-state index contributed by atoms with van der Waals surface area (Å²) in [6.07, 6.45) is 2.99. The minimum absolute atomic E-state index is 0.666. The van der Waals surface area contributed by atoms with Gasteiger partial charge in [0.15, 0.2) is 0 Å². The Morgan fingerprint density at radius 2 is 2.28 bits per heavy atom.